The predicted molar refractivity (Wildman–Crippen MR) is 91.6 cm³/mol. The van der Waals surface area contributed by atoms with Gasteiger partial charge >= 0.3 is 0 Å². The third kappa shape index (κ3) is 3.41. The van der Waals surface area contributed by atoms with Crippen LogP contribution in [-0.2, 0) is 0 Å². The first-order valence-corrected chi connectivity index (χ1v) is 7.57. The molecular weight excluding hydrogens is 329 g/mol. The van der Waals surface area contributed by atoms with Gasteiger partial charge in [0.25, 0.3) is 5.91 Å². The fourth-order valence-corrected chi connectivity index (χ4v) is 2.33. The van der Waals surface area contributed by atoms with E-state index >= 15 is 0 Å². The van der Waals surface area contributed by atoms with Crippen molar-refractivity contribution in [2.45, 2.75) is 6.92 Å². The number of amides is 1. The molecule has 0 atom stereocenters. The van der Waals surface area contributed by atoms with Crippen LogP contribution in [0.2, 0.25) is 5.02 Å². The van der Waals surface area contributed by atoms with Gasteiger partial charge in [-0.1, -0.05) is 29.8 Å². The maximum absolute atomic E-state index is 13.2. The summed E-state index contributed by atoms with van der Waals surface area (Å²) in [7, 11) is 0. The molecule has 24 heavy (non-hydrogen) atoms. The van der Waals surface area contributed by atoms with Gasteiger partial charge in [0.2, 0.25) is 0 Å². The molecule has 3 aromatic rings. The zero-order valence-corrected chi connectivity index (χ0v) is 13.5. The molecule has 2 aromatic carbocycles. The van der Waals surface area contributed by atoms with Gasteiger partial charge in [0.1, 0.15) is 5.82 Å². The normalized spacial score (nSPS) is 10.5. The van der Waals surface area contributed by atoms with Crippen LogP contribution in [0, 0.1) is 12.7 Å². The second-order valence-electron chi connectivity index (χ2n) is 5.17. The van der Waals surface area contributed by atoms with Crippen molar-refractivity contribution in [1.82, 2.24) is 9.97 Å². The molecule has 0 spiro atoms. The lowest BCUT2D eigenvalue weighted by atomic mass is 10.2. The first-order chi connectivity index (χ1) is 11.5. The molecule has 0 unspecified atom stereocenters. The van der Waals surface area contributed by atoms with E-state index in [0.29, 0.717) is 27.7 Å². The number of hydrogen-bond acceptors (Lipinski definition) is 3. The standard InChI is InChI=1S/C18H13ClFN3O/c1-11-15(19)6-3-7-16(11)23-18(24)13-9-21-17(22-10-13)12-4-2-5-14(20)8-12/h2-10H,1H3,(H,23,24). The lowest BCUT2D eigenvalue weighted by molar-refractivity contribution is 0.102. The van der Waals surface area contributed by atoms with Crippen LogP contribution < -0.4 is 5.32 Å². The smallest absolute Gasteiger partial charge is 0.258 e. The SMILES string of the molecule is Cc1c(Cl)cccc1NC(=O)c1cnc(-c2cccc(F)c2)nc1. The van der Waals surface area contributed by atoms with Crippen LogP contribution in [0.5, 0.6) is 0 Å². The summed E-state index contributed by atoms with van der Waals surface area (Å²) in [4.78, 5) is 20.5. The van der Waals surface area contributed by atoms with Gasteiger partial charge in [0.05, 0.1) is 5.56 Å². The molecular formula is C18H13ClFN3O. The van der Waals surface area contributed by atoms with E-state index in [0.717, 1.165) is 5.56 Å². The van der Waals surface area contributed by atoms with Crippen molar-refractivity contribution >= 4 is 23.2 Å². The van der Waals surface area contributed by atoms with E-state index < -0.39 is 0 Å². The minimum Gasteiger partial charge on any atom is -0.322 e. The summed E-state index contributed by atoms with van der Waals surface area (Å²) in [5.41, 5.74) is 2.26. The summed E-state index contributed by atoms with van der Waals surface area (Å²) in [5, 5.41) is 3.35. The Morgan fingerprint density at radius 1 is 1.12 bits per heavy atom. The van der Waals surface area contributed by atoms with Crippen LogP contribution in [0.3, 0.4) is 0 Å². The number of hydrogen-bond donors (Lipinski definition) is 1. The Hall–Kier alpha value is -2.79. The Morgan fingerprint density at radius 3 is 2.54 bits per heavy atom. The van der Waals surface area contributed by atoms with Gasteiger partial charge in [-0.25, -0.2) is 14.4 Å². The number of carbonyl (C=O) groups excluding carboxylic acids is 1. The first kappa shape index (κ1) is 16.1. The summed E-state index contributed by atoms with van der Waals surface area (Å²) in [6.45, 7) is 1.82. The molecule has 4 nitrogen and oxygen atoms in total. The van der Waals surface area contributed by atoms with Crippen molar-refractivity contribution in [3.63, 3.8) is 0 Å². The third-order valence-electron chi connectivity index (χ3n) is 3.51. The minimum absolute atomic E-state index is 0.300. The molecule has 6 heteroatoms. The average Bonchev–Trinajstić information content (AvgIpc) is 2.59. The number of benzene rings is 2. The number of anilines is 1. The average molecular weight is 342 g/mol. The molecule has 1 heterocycles. The Kier molecular flexibility index (Phi) is 4.53. The van der Waals surface area contributed by atoms with Crippen LogP contribution in [0.15, 0.2) is 54.9 Å². The second-order valence-corrected chi connectivity index (χ2v) is 5.58. The Balaban J connectivity index is 1.80. The maximum Gasteiger partial charge on any atom is 0.258 e. The van der Waals surface area contributed by atoms with Gasteiger partial charge in [-0.15, -0.1) is 0 Å². The molecule has 3 rings (SSSR count). The molecule has 1 amide bonds. The van der Waals surface area contributed by atoms with Crippen molar-refractivity contribution in [1.29, 1.82) is 0 Å². The Morgan fingerprint density at radius 2 is 1.83 bits per heavy atom. The topological polar surface area (TPSA) is 54.9 Å². The van der Waals surface area contributed by atoms with Crippen molar-refractivity contribution < 1.29 is 9.18 Å². The number of rotatable bonds is 3. The van der Waals surface area contributed by atoms with Gasteiger partial charge in [0, 0.05) is 28.7 Å². The van der Waals surface area contributed by atoms with Gasteiger partial charge in [-0.2, -0.15) is 0 Å². The second kappa shape index (κ2) is 6.76. The number of nitrogens with zero attached hydrogens (tertiary/aromatic N) is 2. The lowest BCUT2D eigenvalue weighted by Gasteiger charge is -2.09. The molecule has 0 saturated carbocycles. The first-order valence-electron chi connectivity index (χ1n) is 7.19. The fraction of sp³-hybridized carbons (Fsp3) is 0.0556. The van der Waals surface area contributed by atoms with Crippen LogP contribution in [0.25, 0.3) is 11.4 Å². The molecule has 0 aliphatic carbocycles. The summed E-state index contributed by atoms with van der Waals surface area (Å²) in [5.74, 6) is -0.356. The molecule has 1 aromatic heterocycles. The van der Waals surface area contributed by atoms with Crippen molar-refractivity contribution in [2.75, 3.05) is 5.32 Å². The fourth-order valence-electron chi connectivity index (χ4n) is 2.16. The van der Waals surface area contributed by atoms with Gasteiger partial charge in [-0.05, 0) is 36.8 Å². The lowest BCUT2D eigenvalue weighted by Crippen LogP contribution is -2.13. The van der Waals surface area contributed by atoms with Gasteiger partial charge < -0.3 is 5.32 Å². The number of halogens is 2. The van der Waals surface area contributed by atoms with E-state index in [2.05, 4.69) is 15.3 Å². The summed E-state index contributed by atoms with van der Waals surface area (Å²) in [6, 6.07) is 11.2. The summed E-state index contributed by atoms with van der Waals surface area (Å²) < 4.78 is 13.2. The van der Waals surface area contributed by atoms with Gasteiger partial charge in [-0.3, -0.25) is 4.79 Å². The molecule has 0 fully saturated rings. The summed E-state index contributed by atoms with van der Waals surface area (Å²) in [6.07, 6.45) is 2.81. The number of carbonyl (C=O) groups is 1. The quantitative estimate of drug-likeness (QED) is 0.763. The highest BCUT2D eigenvalue weighted by Gasteiger charge is 2.11. The minimum atomic E-state index is -0.366. The van der Waals surface area contributed by atoms with E-state index in [9.17, 15) is 9.18 Å². The third-order valence-corrected chi connectivity index (χ3v) is 3.92. The predicted octanol–water partition coefficient (Wildman–Crippen LogP) is 4.50. The Bertz CT molecular complexity index is 897. The monoisotopic (exact) mass is 341 g/mol. The molecule has 0 aliphatic heterocycles. The molecule has 0 aliphatic rings. The highest BCUT2D eigenvalue weighted by Crippen LogP contribution is 2.23. The van der Waals surface area contributed by atoms with Crippen LogP contribution >= 0.6 is 11.6 Å². The molecule has 0 bridgehead atoms. The van der Waals surface area contributed by atoms with Gasteiger partial charge in [0.15, 0.2) is 5.82 Å². The van der Waals surface area contributed by atoms with E-state index in [1.807, 2.05) is 6.92 Å². The van der Waals surface area contributed by atoms with E-state index in [4.69, 9.17) is 11.6 Å². The largest absolute Gasteiger partial charge is 0.322 e. The number of nitrogens with one attached hydrogen (secondary N) is 1. The van der Waals surface area contributed by atoms with E-state index in [1.165, 1.54) is 24.5 Å². The van der Waals surface area contributed by atoms with E-state index in [-0.39, 0.29) is 11.7 Å². The molecule has 120 valence electrons. The highest BCUT2D eigenvalue weighted by molar-refractivity contribution is 6.31. The van der Waals surface area contributed by atoms with Crippen LogP contribution in [-0.4, -0.2) is 15.9 Å². The number of aromatic nitrogens is 2. The highest BCUT2D eigenvalue weighted by atomic mass is 35.5. The zero-order valence-electron chi connectivity index (χ0n) is 12.8. The van der Waals surface area contributed by atoms with Crippen molar-refractivity contribution in [3.8, 4) is 11.4 Å². The summed E-state index contributed by atoms with van der Waals surface area (Å²) >= 11 is 6.04. The van der Waals surface area contributed by atoms with Crippen molar-refractivity contribution in [2.24, 2.45) is 0 Å². The van der Waals surface area contributed by atoms with Crippen LogP contribution in [0.4, 0.5) is 10.1 Å². The Labute approximate surface area is 143 Å². The van der Waals surface area contributed by atoms with E-state index in [1.54, 1.807) is 30.3 Å². The molecule has 0 saturated heterocycles. The molecule has 0 radical (unpaired) electrons. The zero-order chi connectivity index (χ0) is 17.1. The van der Waals surface area contributed by atoms with Crippen molar-refractivity contribution in [3.05, 3.63) is 76.8 Å². The maximum atomic E-state index is 13.2. The van der Waals surface area contributed by atoms with Crippen LogP contribution in [0.1, 0.15) is 15.9 Å². The molecule has 1 N–H and O–H groups in total.